The predicted octanol–water partition coefficient (Wildman–Crippen LogP) is 13.4. The molecule has 0 aliphatic rings. The summed E-state index contributed by atoms with van der Waals surface area (Å²) in [4.78, 5) is 34.5. The molecule has 0 bridgehead atoms. The van der Waals surface area contributed by atoms with Crippen LogP contribution in [0.4, 0.5) is 37.7 Å². The molecule has 1 N–H and O–H groups in total. The number of aryl methyl sites for hydroxylation is 3. The minimum atomic E-state index is -4.90. The Kier molecular flexibility index (Phi) is 19.0. The molecule has 0 unspecified atom stereocenters. The summed E-state index contributed by atoms with van der Waals surface area (Å²) in [7, 11) is -8.07. The number of pyridine rings is 2. The highest BCUT2D eigenvalue weighted by atomic mass is 35.5. The first-order valence-corrected chi connectivity index (χ1v) is 25.3. The average molecular weight is 1110 g/mol. The topological polar surface area (TPSA) is 153 Å². The summed E-state index contributed by atoms with van der Waals surface area (Å²) in [5.74, 6) is -1.16. The zero-order valence-corrected chi connectivity index (χ0v) is 41.8. The van der Waals surface area contributed by atoms with Gasteiger partial charge in [0.2, 0.25) is 11.6 Å². The molecule has 0 saturated heterocycles. The van der Waals surface area contributed by atoms with Gasteiger partial charge in [0, 0.05) is 23.1 Å². The van der Waals surface area contributed by atoms with Gasteiger partial charge >= 0.3 is 12.4 Å². The van der Waals surface area contributed by atoms with E-state index in [0.717, 1.165) is 29.8 Å². The first kappa shape index (κ1) is 57.6. The van der Waals surface area contributed by atoms with Crippen LogP contribution >= 0.6 is 58.2 Å². The SMILES string of the molecule is C.CCc1ccccc1C(=O)c1nc(C)c(Cl)cc1NS(=O)(=O)c1ccc(Cl)c(C(F)(F)F)c1.COCN(c1cc(Cl)c(C)nc1C(=O)c1ccccc1SC)S(=O)(=O)c1ccc(Cl)c(C(F)(F)F)c1. The van der Waals surface area contributed by atoms with Crippen LogP contribution in [0.15, 0.2) is 112 Å². The number of rotatable bonds is 14. The number of aromatic nitrogens is 2. The molecule has 70 heavy (non-hydrogen) atoms. The van der Waals surface area contributed by atoms with Gasteiger partial charge in [-0.25, -0.2) is 31.1 Å². The Morgan fingerprint density at radius 2 is 1.17 bits per heavy atom. The Hall–Kier alpha value is -4.93. The summed E-state index contributed by atoms with van der Waals surface area (Å²) in [5.41, 5.74) is -1.79. The molecule has 0 amide bonds. The van der Waals surface area contributed by atoms with Gasteiger partial charge < -0.3 is 4.74 Å². The van der Waals surface area contributed by atoms with Crippen LogP contribution in [0.25, 0.3) is 0 Å². The second-order valence-corrected chi connectivity index (χ2v) is 20.4. The van der Waals surface area contributed by atoms with Crippen molar-refractivity contribution < 1.29 is 57.5 Å². The number of anilines is 2. The van der Waals surface area contributed by atoms with E-state index in [1.807, 2.05) is 6.92 Å². The Labute approximate surface area is 424 Å². The Morgan fingerprint density at radius 3 is 1.71 bits per heavy atom. The molecule has 2 aromatic heterocycles. The van der Waals surface area contributed by atoms with Crippen molar-refractivity contribution in [2.24, 2.45) is 0 Å². The lowest BCUT2D eigenvalue weighted by atomic mass is 9.99. The van der Waals surface area contributed by atoms with Gasteiger partial charge in [-0.1, -0.05) is 97.2 Å². The predicted molar refractivity (Wildman–Crippen MR) is 261 cm³/mol. The number of alkyl halides is 6. The van der Waals surface area contributed by atoms with Crippen LogP contribution in [-0.4, -0.2) is 58.5 Å². The van der Waals surface area contributed by atoms with Crippen molar-refractivity contribution in [2.75, 3.05) is 29.1 Å². The fraction of sp³-hybridized carbons (Fsp3) is 0.217. The zero-order valence-electron chi connectivity index (χ0n) is 36.4. The number of methoxy groups -OCH3 is 1. The maximum atomic E-state index is 13.6. The van der Waals surface area contributed by atoms with Gasteiger partial charge in [-0.15, -0.1) is 11.8 Å². The molecule has 6 aromatic rings. The molecule has 2 heterocycles. The minimum absolute atomic E-state index is 0. The van der Waals surface area contributed by atoms with Gasteiger partial charge in [0.05, 0.1) is 63.8 Å². The molecule has 0 fully saturated rings. The monoisotopic (exact) mass is 1110 g/mol. The number of hydrogen-bond donors (Lipinski definition) is 1. The minimum Gasteiger partial charge on any atom is -0.363 e. The van der Waals surface area contributed by atoms with Crippen LogP contribution in [-0.2, 0) is 43.6 Å². The van der Waals surface area contributed by atoms with Crippen molar-refractivity contribution in [3.8, 4) is 0 Å². The van der Waals surface area contributed by atoms with Gasteiger partial charge in [0.15, 0.2) is 0 Å². The van der Waals surface area contributed by atoms with E-state index in [0.29, 0.717) is 33.3 Å². The van der Waals surface area contributed by atoms with E-state index in [1.165, 1.54) is 44.9 Å². The maximum Gasteiger partial charge on any atom is 0.417 e. The molecule has 24 heteroatoms. The zero-order chi connectivity index (χ0) is 51.4. The molecular formula is C46H40Cl4F6N4O7S3. The summed E-state index contributed by atoms with van der Waals surface area (Å²) in [6, 6.07) is 20.2. The number of nitrogens with one attached hydrogen (secondary N) is 1. The third-order valence-electron chi connectivity index (χ3n) is 9.85. The van der Waals surface area contributed by atoms with Crippen LogP contribution < -0.4 is 9.03 Å². The fourth-order valence-corrected chi connectivity index (χ4v) is 10.2. The number of halogens is 10. The average Bonchev–Trinajstić information content (AvgIpc) is 3.29. The molecular weight excluding hydrogens is 1070 g/mol. The smallest absolute Gasteiger partial charge is 0.363 e. The molecule has 0 atom stereocenters. The van der Waals surface area contributed by atoms with Crippen molar-refractivity contribution in [2.45, 2.75) is 61.7 Å². The van der Waals surface area contributed by atoms with E-state index in [1.54, 1.807) is 54.8 Å². The molecule has 0 radical (unpaired) electrons. The summed E-state index contributed by atoms with van der Waals surface area (Å²) >= 11 is 24.9. The number of carbonyl (C=O) groups excluding carboxylic acids is 2. The van der Waals surface area contributed by atoms with Crippen molar-refractivity contribution in [1.29, 1.82) is 0 Å². The van der Waals surface area contributed by atoms with Crippen LogP contribution in [0, 0.1) is 13.8 Å². The van der Waals surface area contributed by atoms with Crippen LogP contribution in [0.2, 0.25) is 20.1 Å². The van der Waals surface area contributed by atoms with Crippen molar-refractivity contribution >= 4 is 101 Å². The van der Waals surface area contributed by atoms with Crippen LogP contribution in [0.3, 0.4) is 0 Å². The van der Waals surface area contributed by atoms with E-state index in [2.05, 4.69) is 14.7 Å². The largest absolute Gasteiger partial charge is 0.417 e. The normalized spacial score (nSPS) is 11.8. The van der Waals surface area contributed by atoms with Gasteiger partial charge in [-0.3, -0.25) is 14.3 Å². The van der Waals surface area contributed by atoms with Crippen LogP contribution in [0.1, 0.15) is 74.5 Å². The number of ether oxygens (including phenoxy) is 1. The Bertz CT molecular complexity index is 3180. The molecule has 0 aliphatic heterocycles. The lowest BCUT2D eigenvalue weighted by Crippen LogP contribution is -2.34. The lowest BCUT2D eigenvalue weighted by Gasteiger charge is -2.26. The first-order valence-electron chi connectivity index (χ1n) is 19.6. The van der Waals surface area contributed by atoms with Gasteiger partial charge in [0.1, 0.15) is 18.1 Å². The number of thioether (sulfide) groups is 1. The number of hydrogen-bond acceptors (Lipinski definition) is 10. The van der Waals surface area contributed by atoms with Gasteiger partial charge in [-0.2, -0.15) is 26.3 Å². The molecule has 0 aliphatic carbocycles. The number of ketones is 2. The lowest BCUT2D eigenvalue weighted by molar-refractivity contribution is -0.138. The molecule has 374 valence electrons. The summed E-state index contributed by atoms with van der Waals surface area (Å²) in [6.45, 7) is 4.29. The highest BCUT2D eigenvalue weighted by molar-refractivity contribution is 7.98. The van der Waals surface area contributed by atoms with Gasteiger partial charge in [-0.05, 0) is 92.8 Å². The molecule has 0 spiro atoms. The molecule has 6 rings (SSSR count). The second-order valence-electron chi connectivity index (χ2n) is 14.4. The van der Waals surface area contributed by atoms with Crippen molar-refractivity contribution in [1.82, 2.24) is 9.97 Å². The second kappa shape index (κ2) is 23.1. The summed E-state index contributed by atoms with van der Waals surface area (Å²) in [6.07, 6.45) is -7.44. The number of carbonyl (C=O) groups is 2. The first-order chi connectivity index (χ1) is 32.2. The van der Waals surface area contributed by atoms with Crippen LogP contribution in [0.5, 0.6) is 0 Å². The highest BCUT2D eigenvalue weighted by Crippen LogP contribution is 2.40. The summed E-state index contributed by atoms with van der Waals surface area (Å²) < 4.78 is 141. The fourth-order valence-electron chi connectivity index (χ4n) is 6.39. The van der Waals surface area contributed by atoms with E-state index in [9.17, 15) is 52.8 Å². The quantitative estimate of drug-likeness (QED) is 0.0483. The Morgan fingerprint density at radius 1 is 0.686 bits per heavy atom. The van der Waals surface area contributed by atoms with E-state index >= 15 is 0 Å². The Balaban J connectivity index is 0.000000301. The standard InChI is InChI=1S/C23H19Cl2F3N2O4S2.C22H17Cl2F3N2O3S.CH4/c1-13-18(25)11-19(21(29-13)22(31)15-6-4-5-7-20(15)35-3)30(12-34-2)36(32,33)14-8-9-17(24)16(10-14)23(26,27)28;1-3-13-6-4-5-7-15(13)21(30)20-19(11-18(24)12(2)28-20)29-33(31,32)14-8-9-17(23)16(10-14)22(25,26)27;/h4-11H,12H2,1-3H3;4-11,29H,3H2,1-2H3;1H4. The highest BCUT2D eigenvalue weighted by Gasteiger charge is 2.38. The number of benzene rings is 4. The van der Waals surface area contributed by atoms with Crippen molar-refractivity contribution in [3.63, 3.8) is 0 Å². The van der Waals surface area contributed by atoms with E-state index < -0.39 is 81.7 Å². The summed E-state index contributed by atoms with van der Waals surface area (Å²) in [5, 5.41) is -1.19. The molecule has 11 nitrogen and oxygen atoms in total. The third kappa shape index (κ3) is 12.9. The van der Waals surface area contributed by atoms with Gasteiger partial charge in [0.25, 0.3) is 20.0 Å². The van der Waals surface area contributed by atoms with E-state index in [-0.39, 0.29) is 57.2 Å². The molecule has 0 saturated carbocycles. The number of sulfonamides is 2. The maximum absolute atomic E-state index is 13.6. The van der Waals surface area contributed by atoms with E-state index in [4.69, 9.17) is 51.1 Å². The number of nitrogens with zero attached hydrogens (tertiary/aromatic N) is 3. The molecule has 4 aromatic carbocycles. The third-order valence-corrected chi connectivity index (χ3v) is 15.2. The van der Waals surface area contributed by atoms with Crippen molar-refractivity contribution in [3.05, 3.63) is 168 Å².